The Morgan fingerprint density at radius 3 is 3.14 bits per heavy atom. The molecule has 1 saturated heterocycles. The first-order chi connectivity index (χ1) is 6.84. The van der Waals surface area contributed by atoms with E-state index in [0.717, 1.165) is 24.2 Å². The quantitative estimate of drug-likeness (QED) is 0.800. The van der Waals surface area contributed by atoms with Gasteiger partial charge in [0.1, 0.15) is 4.60 Å². The number of nitrogens with zero attached hydrogens (tertiary/aromatic N) is 1. The molecule has 1 fully saturated rings. The second-order valence-electron chi connectivity index (χ2n) is 3.56. The largest absolute Gasteiger partial charge is 0.315 e. The maximum absolute atomic E-state index is 4.19. The van der Waals surface area contributed by atoms with Gasteiger partial charge in [-0.25, -0.2) is 4.98 Å². The lowest BCUT2D eigenvalue weighted by Gasteiger charge is -2.10. The van der Waals surface area contributed by atoms with Crippen LogP contribution in [0, 0.1) is 0 Å². The van der Waals surface area contributed by atoms with Crippen LogP contribution in [0.1, 0.15) is 12.0 Å². The molecule has 3 nitrogen and oxygen atoms in total. The Balaban J connectivity index is 1.82. The summed E-state index contributed by atoms with van der Waals surface area (Å²) in [7, 11) is 0. The zero-order valence-electron chi connectivity index (χ0n) is 7.96. The van der Waals surface area contributed by atoms with Crippen LogP contribution in [0.5, 0.6) is 0 Å². The van der Waals surface area contributed by atoms with Crippen molar-refractivity contribution >= 4 is 15.9 Å². The first kappa shape index (κ1) is 10.1. The highest BCUT2D eigenvalue weighted by Gasteiger charge is 2.12. The van der Waals surface area contributed by atoms with Gasteiger partial charge in [0, 0.05) is 25.3 Å². The molecule has 0 bridgehead atoms. The molecule has 14 heavy (non-hydrogen) atoms. The first-order valence-electron chi connectivity index (χ1n) is 4.89. The molecule has 0 amide bonds. The van der Waals surface area contributed by atoms with Gasteiger partial charge in [-0.05, 0) is 40.5 Å². The molecule has 1 aromatic heterocycles. The molecule has 1 unspecified atom stereocenters. The molecule has 2 rings (SSSR count). The lowest BCUT2D eigenvalue weighted by atomic mass is 10.2. The highest BCUT2D eigenvalue weighted by molar-refractivity contribution is 9.10. The predicted molar refractivity (Wildman–Crippen MR) is 60.1 cm³/mol. The third kappa shape index (κ3) is 2.77. The lowest BCUT2D eigenvalue weighted by Crippen LogP contribution is -2.30. The Bertz CT molecular complexity index is 280. The van der Waals surface area contributed by atoms with E-state index in [2.05, 4.69) is 37.6 Å². The van der Waals surface area contributed by atoms with Gasteiger partial charge in [-0.15, -0.1) is 0 Å². The van der Waals surface area contributed by atoms with Gasteiger partial charge in [-0.1, -0.05) is 6.07 Å². The van der Waals surface area contributed by atoms with Crippen molar-refractivity contribution in [1.82, 2.24) is 15.6 Å². The summed E-state index contributed by atoms with van der Waals surface area (Å²) in [6.07, 6.45) is 3.13. The summed E-state index contributed by atoms with van der Waals surface area (Å²) in [5.74, 6) is 0. The number of nitrogens with one attached hydrogen (secondary N) is 2. The molecule has 0 radical (unpaired) electrons. The van der Waals surface area contributed by atoms with Gasteiger partial charge in [0.15, 0.2) is 0 Å². The van der Waals surface area contributed by atoms with Gasteiger partial charge in [-0.3, -0.25) is 0 Å². The Kier molecular flexibility index (Phi) is 3.50. The Labute approximate surface area is 92.4 Å². The SMILES string of the molecule is Brc1ccc(CNC2CCNC2)cn1. The summed E-state index contributed by atoms with van der Waals surface area (Å²) in [6, 6.07) is 4.69. The van der Waals surface area contributed by atoms with Crippen LogP contribution in [-0.2, 0) is 6.54 Å². The standard InChI is InChI=1S/C10H14BrN3/c11-10-2-1-8(6-14-10)5-13-9-3-4-12-7-9/h1-2,6,9,12-13H,3-5,7H2. The van der Waals surface area contributed by atoms with Crippen LogP contribution in [0.3, 0.4) is 0 Å². The van der Waals surface area contributed by atoms with Crippen LogP contribution < -0.4 is 10.6 Å². The number of hydrogen-bond donors (Lipinski definition) is 2. The average Bonchev–Trinajstić information content (AvgIpc) is 2.70. The fourth-order valence-electron chi connectivity index (χ4n) is 1.60. The van der Waals surface area contributed by atoms with Crippen molar-refractivity contribution in [2.75, 3.05) is 13.1 Å². The van der Waals surface area contributed by atoms with E-state index < -0.39 is 0 Å². The van der Waals surface area contributed by atoms with Crippen molar-refractivity contribution in [1.29, 1.82) is 0 Å². The Morgan fingerprint density at radius 2 is 2.50 bits per heavy atom. The van der Waals surface area contributed by atoms with Crippen LogP contribution in [0.2, 0.25) is 0 Å². The van der Waals surface area contributed by atoms with Crippen LogP contribution in [-0.4, -0.2) is 24.1 Å². The molecular formula is C10H14BrN3. The lowest BCUT2D eigenvalue weighted by molar-refractivity contribution is 0.546. The topological polar surface area (TPSA) is 37.0 Å². The fraction of sp³-hybridized carbons (Fsp3) is 0.500. The smallest absolute Gasteiger partial charge is 0.106 e. The summed E-state index contributed by atoms with van der Waals surface area (Å²) >= 11 is 3.32. The van der Waals surface area contributed by atoms with Crippen molar-refractivity contribution in [3.63, 3.8) is 0 Å². The van der Waals surface area contributed by atoms with Crippen molar-refractivity contribution in [2.24, 2.45) is 0 Å². The number of pyridine rings is 1. The van der Waals surface area contributed by atoms with Gasteiger partial charge >= 0.3 is 0 Å². The third-order valence-corrected chi connectivity index (χ3v) is 2.91. The molecule has 76 valence electrons. The molecule has 1 aliphatic heterocycles. The van der Waals surface area contributed by atoms with Crippen LogP contribution >= 0.6 is 15.9 Å². The summed E-state index contributed by atoms with van der Waals surface area (Å²) in [5.41, 5.74) is 1.24. The Hall–Kier alpha value is -0.450. The summed E-state index contributed by atoms with van der Waals surface area (Å²) in [5, 5.41) is 6.83. The van der Waals surface area contributed by atoms with E-state index in [0.29, 0.717) is 6.04 Å². The molecule has 1 atom stereocenters. The van der Waals surface area contributed by atoms with E-state index in [1.807, 2.05) is 12.3 Å². The van der Waals surface area contributed by atoms with E-state index >= 15 is 0 Å². The van der Waals surface area contributed by atoms with Crippen molar-refractivity contribution < 1.29 is 0 Å². The average molecular weight is 256 g/mol. The zero-order valence-corrected chi connectivity index (χ0v) is 9.55. The first-order valence-corrected chi connectivity index (χ1v) is 5.68. The van der Waals surface area contributed by atoms with Gasteiger partial charge in [-0.2, -0.15) is 0 Å². The molecule has 0 spiro atoms. The van der Waals surface area contributed by atoms with Crippen LogP contribution in [0.15, 0.2) is 22.9 Å². The predicted octanol–water partition coefficient (Wildman–Crippen LogP) is 1.30. The van der Waals surface area contributed by atoms with E-state index in [-0.39, 0.29) is 0 Å². The third-order valence-electron chi connectivity index (χ3n) is 2.44. The molecule has 0 saturated carbocycles. The van der Waals surface area contributed by atoms with E-state index in [9.17, 15) is 0 Å². The molecule has 4 heteroatoms. The normalized spacial score (nSPS) is 21.4. The minimum Gasteiger partial charge on any atom is -0.315 e. The molecule has 2 heterocycles. The minimum absolute atomic E-state index is 0.624. The fourth-order valence-corrected chi connectivity index (χ4v) is 1.84. The van der Waals surface area contributed by atoms with E-state index in [1.54, 1.807) is 0 Å². The molecule has 0 aliphatic carbocycles. The van der Waals surface area contributed by atoms with Gasteiger partial charge in [0.2, 0.25) is 0 Å². The minimum atomic E-state index is 0.624. The highest BCUT2D eigenvalue weighted by atomic mass is 79.9. The summed E-state index contributed by atoms with van der Waals surface area (Å²) < 4.78 is 0.892. The van der Waals surface area contributed by atoms with E-state index in [1.165, 1.54) is 12.0 Å². The van der Waals surface area contributed by atoms with Gasteiger partial charge in [0.05, 0.1) is 0 Å². The molecular weight excluding hydrogens is 242 g/mol. The van der Waals surface area contributed by atoms with Crippen LogP contribution in [0.4, 0.5) is 0 Å². The van der Waals surface area contributed by atoms with Crippen molar-refractivity contribution in [3.05, 3.63) is 28.5 Å². The number of hydrogen-bond acceptors (Lipinski definition) is 3. The molecule has 1 aliphatic rings. The molecule has 1 aromatic rings. The zero-order chi connectivity index (χ0) is 9.80. The highest BCUT2D eigenvalue weighted by Crippen LogP contribution is 2.06. The number of rotatable bonds is 3. The maximum Gasteiger partial charge on any atom is 0.106 e. The number of aromatic nitrogens is 1. The van der Waals surface area contributed by atoms with Crippen molar-refractivity contribution in [2.45, 2.75) is 19.0 Å². The molecule has 2 N–H and O–H groups in total. The molecule has 0 aromatic carbocycles. The van der Waals surface area contributed by atoms with E-state index in [4.69, 9.17) is 0 Å². The van der Waals surface area contributed by atoms with Crippen molar-refractivity contribution in [3.8, 4) is 0 Å². The second kappa shape index (κ2) is 4.87. The summed E-state index contributed by atoms with van der Waals surface area (Å²) in [4.78, 5) is 4.19. The van der Waals surface area contributed by atoms with Gasteiger partial charge in [0.25, 0.3) is 0 Å². The second-order valence-corrected chi connectivity index (χ2v) is 4.37. The van der Waals surface area contributed by atoms with Crippen LogP contribution in [0.25, 0.3) is 0 Å². The summed E-state index contributed by atoms with van der Waals surface area (Å²) in [6.45, 7) is 3.13. The van der Waals surface area contributed by atoms with Gasteiger partial charge < -0.3 is 10.6 Å². The maximum atomic E-state index is 4.19. The monoisotopic (exact) mass is 255 g/mol. The number of halogens is 1. The Morgan fingerprint density at radius 1 is 1.57 bits per heavy atom.